The minimum atomic E-state index is -0.0132. The second kappa shape index (κ2) is 6.78. The molecule has 2 aliphatic heterocycles. The molecule has 19 heavy (non-hydrogen) atoms. The molecule has 5 nitrogen and oxygen atoms in total. The number of nitrogens with one attached hydrogen (secondary N) is 1. The van der Waals surface area contributed by atoms with E-state index in [-0.39, 0.29) is 11.9 Å². The van der Waals surface area contributed by atoms with Crippen molar-refractivity contribution in [3.63, 3.8) is 0 Å². The summed E-state index contributed by atoms with van der Waals surface area (Å²) in [5, 5.41) is 2.87. The van der Waals surface area contributed by atoms with Crippen LogP contribution in [0.5, 0.6) is 0 Å². The van der Waals surface area contributed by atoms with Crippen LogP contribution in [0, 0.1) is 5.92 Å². The van der Waals surface area contributed by atoms with Crippen LogP contribution >= 0.6 is 0 Å². The third-order valence-corrected chi connectivity index (χ3v) is 4.02. The molecule has 108 valence electrons. The number of amides is 3. The van der Waals surface area contributed by atoms with Crippen molar-refractivity contribution in [2.24, 2.45) is 5.92 Å². The number of piperidine rings is 1. The average molecular weight is 267 g/mol. The van der Waals surface area contributed by atoms with Gasteiger partial charge in [0.05, 0.1) is 0 Å². The maximum absolute atomic E-state index is 11.9. The van der Waals surface area contributed by atoms with E-state index in [1.165, 1.54) is 6.42 Å². The molecule has 0 aliphatic carbocycles. The third-order valence-electron chi connectivity index (χ3n) is 4.02. The maximum Gasteiger partial charge on any atom is 0.317 e. The summed E-state index contributed by atoms with van der Waals surface area (Å²) in [6.07, 6.45) is 4.95. The van der Waals surface area contributed by atoms with Crippen LogP contribution in [0.1, 0.15) is 39.0 Å². The molecule has 1 unspecified atom stereocenters. The molecule has 2 fully saturated rings. The lowest BCUT2D eigenvalue weighted by molar-refractivity contribution is -0.129. The second-order valence-electron chi connectivity index (χ2n) is 5.76. The van der Waals surface area contributed by atoms with Crippen molar-refractivity contribution in [3.05, 3.63) is 0 Å². The maximum atomic E-state index is 11.9. The smallest absolute Gasteiger partial charge is 0.317 e. The first-order valence-corrected chi connectivity index (χ1v) is 7.47. The predicted octanol–water partition coefficient (Wildman–Crippen LogP) is 1.44. The molecule has 2 saturated heterocycles. The molecule has 0 radical (unpaired) electrons. The van der Waals surface area contributed by atoms with E-state index in [0.29, 0.717) is 18.9 Å². The number of nitrogens with zero attached hydrogens (tertiary/aromatic N) is 2. The Bertz CT molecular complexity index is 327. The second-order valence-corrected chi connectivity index (χ2v) is 5.76. The normalized spacial score (nSPS) is 23.5. The minimum absolute atomic E-state index is 0.0132. The molecule has 1 N–H and O–H groups in total. The molecular formula is C14H25N3O2. The van der Waals surface area contributed by atoms with E-state index in [0.717, 1.165) is 45.4 Å². The topological polar surface area (TPSA) is 52.7 Å². The van der Waals surface area contributed by atoms with Gasteiger partial charge in [-0.2, -0.15) is 0 Å². The van der Waals surface area contributed by atoms with E-state index in [1.54, 1.807) is 0 Å². The van der Waals surface area contributed by atoms with Gasteiger partial charge >= 0.3 is 6.03 Å². The van der Waals surface area contributed by atoms with Crippen LogP contribution in [0.15, 0.2) is 0 Å². The number of urea groups is 1. The van der Waals surface area contributed by atoms with Crippen LogP contribution in [0.25, 0.3) is 0 Å². The monoisotopic (exact) mass is 267 g/mol. The van der Waals surface area contributed by atoms with Crippen LogP contribution < -0.4 is 5.32 Å². The molecule has 0 bridgehead atoms. The van der Waals surface area contributed by atoms with Gasteiger partial charge in [-0.05, 0) is 31.6 Å². The molecule has 0 aromatic rings. The fourth-order valence-corrected chi connectivity index (χ4v) is 2.89. The quantitative estimate of drug-likeness (QED) is 0.841. The lowest BCUT2D eigenvalue weighted by Crippen LogP contribution is -2.45. The van der Waals surface area contributed by atoms with Crippen LogP contribution in [0.4, 0.5) is 4.79 Å². The molecule has 2 rings (SSSR count). The van der Waals surface area contributed by atoms with E-state index in [4.69, 9.17) is 0 Å². The number of carbonyl (C=O) groups is 2. The summed E-state index contributed by atoms with van der Waals surface area (Å²) in [6, 6.07) is -0.0132. The number of hydrogen-bond acceptors (Lipinski definition) is 2. The van der Waals surface area contributed by atoms with Gasteiger partial charge in [0.1, 0.15) is 0 Å². The highest BCUT2D eigenvalue weighted by atomic mass is 16.2. The SMILES string of the molecule is CC1CCCN(C(=O)NCCC(=O)N2CCCC2)C1. The fraction of sp³-hybridized carbons (Fsp3) is 0.857. The molecule has 3 amide bonds. The van der Waals surface area contributed by atoms with Crippen LogP contribution in [-0.2, 0) is 4.79 Å². The third kappa shape index (κ3) is 4.11. The molecule has 0 spiro atoms. The van der Waals surface area contributed by atoms with Gasteiger partial charge in [0.25, 0.3) is 0 Å². The average Bonchev–Trinajstić information content (AvgIpc) is 2.92. The lowest BCUT2D eigenvalue weighted by Gasteiger charge is -2.31. The van der Waals surface area contributed by atoms with Crippen LogP contribution in [-0.4, -0.2) is 54.5 Å². The Labute approximate surface area is 115 Å². The van der Waals surface area contributed by atoms with E-state index in [1.807, 2.05) is 9.80 Å². The Morgan fingerprint density at radius 1 is 1.11 bits per heavy atom. The summed E-state index contributed by atoms with van der Waals surface area (Å²) in [6.45, 7) is 6.09. The summed E-state index contributed by atoms with van der Waals surface area (Å²) in [7, 11) is 0. The summed E-state index contributed by atoms with van der Waals surface area (Å²) in [5.74, 6) is 0.760. The standard InChI is InChI=1S/C14H25N3O2/c1-12-5-4-10-17(11-12)14(19)15-7-6-13(18)16-8-2-3-9-16/h12H,2-11H2,1H3,(H,15,19). The molecule has 2 heterocycles. The molecule has 1 atom stereocenters. The van der Waals surface area contributed by atoms with Crippen molar-refractivity contribution in [2.45, 2.75) is 39.0 Å². The summed E-state index contributed by atoms with van der Waals surface area (Å²) < 4.78 is 0. The van der Waals surface area contributed by atoms with E-state index in [9.17, 15) is 9.59 Å². The van der Waals surface area contributed by atoms with Gasteiger partial charge in [-0.3, -0.25) is 4.79 Å². The van der Waals surface area contributed by atoms with Gasteiger partial charge in [-0.15, -0.1) is 0 Å². The molecule has 5 heteroatoms. The number of rotatable bonds is 3. The number of likely N-dealkylation sites (tertiary alicyclic amines) is 2. The molecule has 0 aromatic carbocycles. The van der Waals surface area contributed by atoms with Crippen LogP contribution in [0.3, 0.4) is 0 Å². The highest BCUT2D eigenvalue weighted by Crippen LogP contribution is 2.15. The van der Waals surface area contributed by atoms with Gasteiger partial charge in [-0.25, -0.2) is 4.79 Å². The molecule has 0 aromatic heterocycles. The van der Waals surface area contributed by atoms with Gasteiger partial charge in [0.15, 0.2) is 0 Å². The predicted molar refractivity (Wildman–Crippen MR) is 73.8 cm³/mol. The van der Waals surface area contributed by atoms with Crippen LogP contribution in [0.2, 0.25) is 0 Å². The first kappa shape index (κ1) is 14.2. The Morgan fingerprint density at radius 2 is 1.79 bits per heavy atom. The van der Waals surface area contributed by atoms with E-state index in [2.05, 4.69) is 12.2 Å². The Balaban J connectivity index is 1.64. The van der Waals surface area contributed by atoms with Crippen molar-refractivity contribution in [3.8, 4) is 0 Å². The van der Waals surface area contributed by atoms with Gasteiger partial charge in [-0.1, -0.05) is 6.92 Å². The van der Waals surface area contributed by atoms with Gasteiger partial charge < -0.3 is 15.1 Å². The van der Waals surface area contributed by atoms with Gasteiger partial charge in [0.2, 0.25) is 5.91 Å². The van der Waals surface area contributed by atoms with Gasteiger partial charge in [0, 0.05) is 39.1 Å². The fourth-order valence-electron chi connectivity index (χ4n) is 2.89. The number of carbonyl (C=O) groups excluding carboxylic acids is 2. The van der Waals surface area contributed by atoms with Crippen molar-refractivity contribution >= 4 is 11.9 Å². The first-order chi connectivity index (χ1) is 9.16. The zero-order valence-electron chi connectivity index (χ0n) is 11.9. The molecule has 0 saturated carbocycles. The highest BCUT2D eigenvalue weighted by Gasteiger charge is 2.21. The highest BCUT2D eigenvalue weighted by molar-refractivity contribution is 5.78. The van der Waals surface area contributed by atoms with Crippen molar-refractivity contribution < 1.29 is 9.59 Å². The van der Waals surface area contributed by atoms with Crippen molar-refractivity contribution in [1.29, 1.82) is 0 Å². The largest absolute Gasteiger partial charge is 0.343 e. The minimum Gasteiger partial charge on any atom is -0.343 e. The first-order valence-electron chi connectivity index (χ1n) is 7.47. The zero-order chi connectivity index (χ0) is 13.7. The van der Waals surface area contributed by atoms with Crippen molar-refractivity contribution in [2.75, 3.05) is 32.7 Å². The van der Waals surface area contributed by atoms with E-state index < -0.39 is 0 Å². The Morgan fingerprint density at radius 3 is 2.47 bits per heavy atom. The molecular weight excluding hydrogens is 242 g/mol. The summed E-state index contributed by atoms with van der Waals surface area (Å²) >= 11 is 0. The van der Waals surface area contributed by atoms with Crippen molar-refractivity contribution in [1.82, 2.24) is 15.1 Å². The lowest BCUT2D eigenvalue weighted by atomic mass is 10.0. The summed E-state index contributed by atoms with van der Waals surface area (Å²) in [4.78, 5) is 27.5. The summed E-state index contributed by atoms with van der Waals surface area (Å²) in [5.41, 5.74) is 0. The van der Waals surface area contributed by atoms with E-state index >= 15 is 0 Å². The Kier molecular flexibility index (Phi) is 5.05. The number of hydrogen-bond donors (Lipinski definition) is 1. The Hall–Kier alpha value is -1.26. The zero-order valence-corrected chi connectivity index (χ0v) is 11.9. The molecule has 2 aliphatic rings.